The molecule has 86 valence electrons. The van der Waals surface area contributed by atoms with Crippen LogP contribution in [0.25, 0.3) is 11.0 Å². The number of para-hydroxylation sites is 2. The van der Waals surface area contributed by atoms with Gasteiger partial charge in [-0.1, -0.05) is 12.1 Å². The van der Waals surface area contributed by atoms with Crippen molar-refractivity contribution in [1.82, 2.24) is 9.55 Å². The molecule has 0 amide bonds. The van der Waals surface area contributed by atoms with Gasteiger partial charge in [-0.2, -0.15) is 0 Å². The highest BCUT2D eigenvalue weighted by Crippen LogP contribution is 2.27. The smallest absolute Gasteiger partial charge is 0.139 e. The predicted molar refractivity (Wildman–Crippen MR) is 65.4 cm³/mol. The molecular weight excluding hydrogens is 200 g/mol. The van der Waals surface area contributed by atoms with Gasteiger partial charge in [0.15, 0.2) is 0 Å². The van der Waals surface area contributed by atoms with Crippen LogP contribution in [0, 0.1) is 0 Å². The third-order valence-electron chi connectivity index (χ3n) is 2.63. The van der Waals surface area contributed by atoms with Gasteiger partial charge in [0.25, 0.3) is 0 Å². The van der Waals surface area contributed by atoms with Gasteiger partial charge in [0.1, 0.15) is 11.9 Å². The SMILES string of the molecule is CC(O)c1nc2ccccc2n1C(C)(C)C. The normalized spacial score (nSPS) is 14.3. The predicted octanol–water partition coefficient (Wildman–Crippen LogP) is 2.84. The minimum absolute atomic E-state index is 0.0809. The Morgan fingerprint density at radius 2 is 1.88 bits per heavy atom. The molecule has 0 fully saturated rings. The summed E-state index contributed by atoms with van der Waals surface area (Å²) >= 11 is 0. The molecule has 2 rings (SSSR count). The van der Waals surface area contributed by atoms with Gasteiger partial charge in [0.05, 0.1) is 11.0 Å². The molecule has 1 unspecified atom stereocenters. The van der Waals surface area contributed by atoms with Gasteiger partial charge in [0, 0.05) is 5.54 Å². The first-order valence-corrected chi connectivity index (χ1v) is 5.57. The first-order valence-electron chi connectivity index (χ1n) is 5.57. The van der Waals surface area contributed by atoms with Crippen molar-refractivity contribution in [2.75, 3.05) is 0 Å². The molecule has 0 saturated carbocycles. The van der Waals surface area contributed by atoms with E-state index in [0.717, 1.165) is 16.9 Å². The Labute approximate surface area is 95.7 Å². The van der Waals surface area contributed by atoms with Crippen molar-refractivity contribution in [3.05, 3.63) is 30.1 Å². The lowest BCUT2D eigenvalue weighted by atomic mass is 10.1. The quantitative estimate of drug-likeness (QED) is 0.799. The Morgan fingerprint density at radius 3 is 2.44 bits per heavy atom. The van der Waals surface area contributed by atoms with Gasteiger partial charge in [-0.25, -0.2) is 4.98 Å². The van der Waals surface area contributed by atoms with Gasteiger partial charge in [-0.05, 0) is 39.8 Å². The average Bonchev–Trinajstić information content (AvgIpc) is 2.55. The topological polar surface area (TPSA) is 38.1 Å². The molecule has 1 heterocycles. The molecule has 0 saturated heterocycles. The maximum atomic E-state index is 9.79. The van der Waals surface area contributed by atoms with Crippen LogP contribution in [0.15, 0.2) is 24.3 Å². The van der Waals surface area contributed by atoms with Crippen LogP contribution in [-0.2, 0) is 5.54 Å². The number of hydrogen-bond donors (Lipinski definition) is 1. The van der Waals surface area contributed by atoms with Gasteiger partial charge in [0.2, 0.25) is 0 Å². The average molecular weight is 218 g/mol. The number of nitrogens with zero attached hydrogens (tertiary/aromatic N) is 2. The second-order valence-electron chi connectivity index (χ2n) is 5.14. The fourth-order valence-electron chi connectivity index (χ4n) is 2.03. The molecule has 1 aromatic heterocycles. The Balaban J connectivity index is 2.80. The summed E-state index contributed by atoms with van der Waals surface area (Å²) in [6, 6.07) is 7.98. The lowest BCUT2D eigenvalue weighted by Gasteiger charge is -2.25. The molecule has 3 nitrogen and oxygen atoms in total. The number of aliphatic hydroxyl groups excluding tert-OH is 1. The van der Waals surface area contributed by atoms with Crippen LogP contribution in [0.5, 0.6) is 0 Å². The molecule has 0 radical (unpaired) electrons. The summed E-state index contributed by atoms with van der Waals surface area (Å²) in [5.41, 5.74) is 1.93. The number of aromatic nitrogens is 2. The zero-order chi connectivity index (χ0) is 11.9. The lowest BCUT2D eigenvalue weighted by Crippen LogP contribution is -2.24. The number of imidazole rings is 1. The van der Waals surface area contributed by atoms with E-state index in [-0.39, 0.29) is 5.54 Å². The van der Waals surface area contributed by atoms with Gasteiger partial charge in [-0.3, -0.25) is 0 Å². The minimum Gasteiger partial charge on any atom is -0.385 e. The van der Waals surface area contributed by atoms with Crippen molar-refractivity contribution in [2.24, 2.45) is 0 Å². The number of rotatable bonds is 1. The number of aliphatic hydroxyl groups is 1. The lowest BCUT2D eigenvalue weighted by molar-refractivity contribution is 0.176. The summed E-state index contributed by atoms with van der Waals surface area (Å²) in [7, 11) is 0. The van der Waals surface area contributed by atoms with Gasteiger partial charge < -0.3 is 9.67 Å². The van der Waals surface area contributed by atoms with Crippen molar-refractivity contribution < 1.29 is 5.11 Å². The van der Waals surface area contributed by atoms with Crippen LogP contribution >= 0.6 is 0 Å². The number of fused-ring (bicyclic) bond motifs is 1. The highest BCUT2D eigenvalue weighted by molar-refractivity contribution is 5.76. The van der Waals surface area contributed by atoms with Crippen LogP contribution in [0.3, 0.4) is 0 Å². The molecule has 16 heavy (non-hydrogen) atoms. The fourth-order valence-corrected chi connectivity index (χ4v) is 2.03. The molecule has 1 aromatic carbocycles. The molecule has 2 aromatic rings. The largest absolute Gasteiger partial charge is 0.385 e. The van der Waals surface area contributed by atoms with E-state index < -0.39 is 6.10 Å². The van der Waals surface area contributed by atoms with E-state index in [1.807, 2.05) is 24.3 Å². The summed E-state index contributed by atoms with van der Waals surface area (Å²) in [4.78, 5) is 4.49. The molecule has 3 heteroatoms. The highest BCUT2D eigenvalue weighted by Gasteiger charge is 2.23. The Hall–Kier alpha value is -1.35. The zero-order valence-corrected chi connectivity index (χ0v) is 10.2. The van der Waals surface area contributed by atoms with E-state index in [2.05, 4.69) is 30.3 Å². The standard InChI is InChI=1S/C13H18N2O/c1-9(16)12-14-10-7-5-6-8-11(10)15(12)13(2,3)4/h5-9,16H,1-4H3. The molecule has 0 aliphatic rings. The third kappa shape index (κ3) is 1.71. The number of benzene rings is 1. The first-order chi connectivity index (χ1) is 7.41. The fraction of sp³-hybridized carbons (Fsp3) is 0.462. The maximum Gasteiger partial charge on any atom is 0.139 e. The third-order valence-corrected chi connectivity index (χ3v) is 2.63. The van der Waals surface area contributed by atoms with Crippen LogP contribution in [0.4, 0.5) is 0 Å². The Kier molecular flexibility index (Phi) is 2.50. The Morgan fingerprint density at radius 1 is 1.25 bits per heavy atom. The van der Waals surface area contributed by atoms with Crippen molar-refractivity contribution in [3.8, 4) is 0 Å². The van der Waals surface area contributed by atoms with Crippen molar-refractivity contribution in [1.29, 1.82) is 0 Å². The summed E-state index contributed by atoms with van der Waals surface area (Å²) in [5.74, 6) is 0.730. The summed E-state index contributed by atoms with van der Waals surface area (Å²) in [6.45, 7) is 8.11. The van der Waals surface area contributed by atoms with Gasteiger partial charge in [-0.15, -0.1) is 0 Å². The molecule has 0 aliphatic carbocycles. The molecule has 0 spiro atoms. The van der Waals surface area contributed by atoms with Gasteiger partial charge >= 0.3 is 0 Å². The highest BCUT2D eigenvalue weighted by atomic mass is 16.3. The summed E-state index contributed by atoms with van der Waals surface area (Å²) in [6.07, 6.45) is -0.549. The first kappa shape index (κ1) is 11.1. The molecular formula is C13H18N2O. The van der Waals surface area contributed by atoms with Crippen LogP contribution in [0.2, 0.25) is 0 Å². The van der Waals surface area contributed by atoms with E-state index in [0.29, 0.717) is 0 Å². The van der Waals surface area contributed by atoms with E-state index in [9.17, 15) is 5.11 Å². The summed E-state index contributed by atoms with van der Waals surface area (Å²) < 4.78 is 2.10. The van der Waals surface area contributed by atoms with E-state index in [1.165, 1.54) is 0 Å². The van der Waals surface area contributed by atoms with Crippen molar-refractivity contribution in [2.45, 2.75) is 39.3 Å². The maximum absolute atomic E-state index is 9.79. The second-order valence-corrected chi connectivity index (χ2v) is 5.14. The monoisotopic (exact) mass is 218 g/mol. The van der Waals surface area contributed by atoms with E-state index in [4.69, 9.17) is 0 Å². The Bertz CT molecular complexity index is 506. The van der Waals surface area contributed by atoms with Crippen molar-refractivity contribution in [3.63, 3.8) is 0 Å². The minimum atomic E-state index is -0.549. The van der Waals surface area contributed by atoms with Crippen LogP contribution in [-0.4, -0.2) is 14.7 Å². The molecule has 0 aliphatic heterocycles. The summed E-state index contributed by atoms with van der Waals surface area (Å²) in [5, 5.41) is 9.79. The van der Waals surface area contributed by atoms with Crippen molar-refractivity contribution >= 4 is 11.0 Å². The van der Waals surface area contributed by atoms with Crippen LogP contribution < -0.4 is 0 Å². The van der Waals surface area contributed by atoms with E-state index >= 15 is 0 Å². The molecule has 1 N–H and O–H groups in total. The molecule has 1 atom stereocenters. The van der Waals surface area contributed by atoms with Crippen LogP contribution in [0.1, 0.15) is 39.6 Å². The number of hydrogen-bond acceptors (Lipinski definition) is 2. The van der Waals surface area contributed by atoms with E-state index in [1.54, 1.807) is 6.92 Å². The molecule has 0 bridgehead atoms. The zero-order valence-electron chi connectivity index (χ0n) is 10.2. The second kappa shape index (κ2) is 3.59.